The van der Waals surface area contributed by atoms with E-state index in [-0.39, 0.29) is 11.7 Å². The molecule has 1 aromatic rings. The largest absolute Gasteiger partial charge is 0.385 e. The van der Waals surface area contributed by atoms with Gasteiger partial charge >= 0.3 is 0 Å². The minimum absolute atomic E-state index is 0.160. The lowest BCUT2D eigenvalue weighted by Gasteiger charge is -2.30. The van der Waals surface area contributed by atoms with Gasteiger partial charge in [0, 0.05) is 0 Å². The SMILES string of the molecule is CCC(C)C(C)(O)c1ccc(F)cc1. The van der Waals surface area contributed by atoms with Crippen LogP contribution in [0.2, 0.25) is 0 Å². The highest BCUT2D eigenvalue weighted by molar-refractivity contribution is 5.22. The van der Waals surface area contributed by atoms with Crippen molar-refractivity contribution in [2.75, 3.05) is 0 Å². The molecule has 0 heterocycles. The van der Waals surface area contributed by atoms with E-state index in [2.05, 4.69) is 0 Å². The zero-order valence-electron chi connectivity index (χ0n) is 8.92. The maximum atomic E-state index is 12.7. The Labute approximate surface area is 84.6 Å². The van der Waals surface area contributed by atoms with Gasteiger partial charge in [0.2, 0.25) is 0 Å². The monoisotopic (exact) mass is 196 g/mol. The van der Waals surface area contributed by atoms with Crippen molar-refractivity contribution in [1.29, 1.82) is 0 Å². The first-order valence-electron chi connectivity index (χ1n) is 4.97. The molecule has 0 amide bonds. The molecule has 0 saturated heterocycles. The molecule has 0 bridgehead atoms. The van der Waals surface area contributed by atoms with Crippen molar-refractivity contribution < 1.29 is 9.50 Å². The molecule has 2 heteroatoms. The van der Waals surface area contributed by atoms with E-state index in [0.717, 1.165) is 12.0 Å². The zero-order valence-corrected chi connectivity index (χ0v) is 8.92. The van der Waals surface area contributed by atoms with Gasteiger partial charge in [-0.2, -0.15) is 0 Å². The van der Waals surface area contributed by atoms with Gasteiger partial charge in [-0.3, -0.25) is 0 Å². The summed E-state index contributed by atoms with van der Waals surface area (Å²) in [6.45, 7) is 5.79. The van der Waals surface area contributed by atoms with Gasteiger partial charge in [-0.05, 0) is 30.5 Å². The van der Waals surface area contributed by atoms with Gasteiger partial charge in [0.05, 0.1) is 5.60 Å². The topological polar surface area (TPSA) is 20.2 Å². The fourth-order valence-electron chi connectivity index (χ4n) is 1.47. The van der Waals surface area contributed by atoms with E-state index in [9.17, 15) is 9.50 Å². The fourth-order valence-corrected chi connectivity index (χ4v) is 1.47. The van der Waals surface area contributed by atoms with Crippen molar-refractivity contribution in [3.8, 4) is 0 Å². The molecule has 0 fully saturated rings. The fraction of sp³-hybridized carbons (Fsp3) is 0.500. The lowest BCUT2D eigenvalue weighted by Crippen LogP contribution is -2.29. The molecule has 0 aliphatic heterocycles. The van der Waals surface area contributed by atoms with Gasteiger partial charge in [0.1, 0.15) is 5.82 Å². The summed E-state index contributed by atoms with van der Waals surface area (Å²) in [5, 5.41) is 10.2. The van der Waals surface area contributed by atoms with Crippen LogP contribution in [-0.2, 0) is 5.60 Å². The molecule has 0 aliphatic rings. The predicted octanol–water partition coefficient (Wildman–Crippen LogP) is 3.08. The van der Waals surface area contributed by atoms with Crippen LogP contribution in [-0.4, -0.2) is 5.11 Å². The smallest absolute Gasteiger partial charge is 0.123 e. The molecule has 1 nitrogen and oxygen atoms in total. The average molecular weight is 196 g/mol. The van der Waals surface area contributed by atoms with Gasteiger partial charge in [-0.25, -0.2) is 4.39 Å². The number of hydrogen-bond donors (Lipinski definition) is 1. The highest BCUT2D eigenvalue weighted by atomic mass is 19.1. The molecule has 14 heavy (non-hydrogen) atoms. The first kappa shape index (κ1) is 11.2. The Bertz CT molecular complexity index is 290. The molecule has 1 rings (SSSR count). The molecular formula is C12H17FO. The van der Waals surface area contributed by atoms with Gasteiger partial charge in [0.15, 0.2) is 0 Å². The number of aliphatic hydroxyl groups is 1. The van der Waals surface area contributed by atoms with E-state index in [0.29, 0.717) is 0 Å². The van der Waals surface area contributed by atoms with E-state index in [1.807, 2.05) is 13.8 Å². The van der Waals surface area contributed by atoms with Crippen molar-refractivity contribution in [3.05, 3.63) is 35.6 Å². The normalized spacial score (nSPS) is 17.5. The predicted molar refractivity (Wildman–Crippen MR) is 55.4 cm³/mol. The minimum Gasteiger partial charge on any atom is -0.385 e. The molecule has 1 aromatic carbocycles. The summed E-state index contributed by atoms with van der Waals surface area (Å²) >= 11 is 0. The maximum absolute atomic E-state index is 12.7. The second-order valence-corrected chi connectivity index (χ2v) is 3.96. The van der Waals surface area contributed by atoms with Crippen molar-refractivity contribution in [1.82, 2.24) is 0 Å². The Morgan fingerprint density at radius 3 is 2.29 bits per heavy atom. The van der Waals surface area contributed by atoms with Crippen molar-refractivity contribution >= 4 is 0 Å². The third kappa shape index (κ3) is 2.13. The van der Waals surface area contributed by atoms with Crippen molar-refractivity contribution in [2.24, 2.45) is 5.92 Å². The van der Waals surface area contributed by atoms with E-state index < -0.39 is 5.60 Å². The van der Waals surface area contributed by atoms with E-state index in [4.69, 9.17) is 0 Å². The zero-order chi connectivity index (χ0) is 10.8. The summed E-state index contributed by atoms with van der Waals surface area (Å²) in [6, 6.07) is 6.04. The Morgan fingerprint density at radius 2 is 1.86 bits per heavy atom. The molecule has 0 saturated carbocycles. The molecule has 0 aromatic heterocycles. The highest BCUT2D eigenvalue weighted by Gasteiger charge is 2.28. The summed E-state index contributed by atoms with van der Waals surface area (Å²) in [5.41, 5.74) is -0.101. The summed E-state index contributed by atoms with van der Waals surface area (Å²) in [5.74, 6) is -0.110. The molecular weight excluding hydrogens is 179 g/mol. The number of halogens is 1. The summed E-state index contributed by atoms with van der Waals surface area (Å²) in [7, 11) is 0. The Hall–Kier alpha value is -0.890. The van der Waals surface area contributed by atoms with Crippen LogP contribution in [0, 0.1) is 11.7 Å². The van der Waals surface area contributed by atoms with Crippen LogP contribution in [0.5, 0.6) is 0 Å². The Balaban J connectivity index is 2.97. The highest BCUT2D eigenvalue weighted by Crippen LogP contribution is 2.30. The van der Waals surface area contributed by atoms with Crippen LogP contribution < -0.4 is 0 Å². The quantitative estimate of drug-likeness (QED) is 0.787. The third-order valence-electron chi connectivity index (χ3n) is 3.00. The van der Waals surface area contributed by atoms with Gasteiger partial charge in [0.25, 0.3) is 0 Å². The van der Waals surface area contributed by atoms with Crippen LogP contribution in [0.15, 0.2) is 24.3 Å². The van der Waals surface area contributed by atoms with Gasteiger partial charge in [-0.1, -0.05) is 32.4 Å². The summed E-state index contributed by atoms with van der Waals surface area (Å²) in [4.78, 5) is 0. The number of hydrogen-bond acceptors (Lipinski definition) is 1. The lowest BCUT2D eigenvalue weighted by molar-refractivity contribution is -0.0000294. The summed E-state index contributed by atoms with van der Waals surface area (Å²) < 4.78 is 12.7. The van der Waals surface area contributed by atoms with Crippen molar-refractivity contribution in [3.63, 3.8) is 0 Å². The van der Waals surface area contributed by atoms with Crippen LogP contribution in [0.4, 0.5) is 4.39 Å². The molecule has 78 valence electrons. The van der Waals surface area contributed by atoms with E-state index >= 15 is 0 Å². The minimum atomic E-state index is -0.873. The molecule has 0 radical (unpaired) electrons. The molecule has 2 unspecified atom stereocenters. The Kier molecular flexibility index (Phi) is 3.27. The van der Waals surface area contributed by atoms with Crippen LogP contribution in [0.1, 0.15) is 32.8 Å². The second kappa shape index (κ2) is 4.09. The maximum Gasteiger partial charge on any atom is 0.123 e. The second-order valence-electron chi connectivity index (χ2n) is 3.96. The lowest BCUT2D eigenvalue weighted by atomic mass is 9.82. The molecule has 0 aliphatic carbocycles. The average Bonchev–Trinajstić information content (AvgIpc) is 2.17. The molecule has 2 atom stereocenters. The van der Waals surface area contributed by atoms with Crippen molar-refractivity contribution in [2.45, 2.75) is 32.8 Å². The van der Waals surface area contributed by atoms with E-state index in [1.165, 1.54) is 12.1 Å². The standard InChI is InChI=1S/C12H17FO/c1-4-9(2)12(3,14)10-5-7-11(13)8-6-10/h5-9,14H,4H2,1-3H3. The number of rotatable bonds is 3. The van der Waals surface area contributed by atoms with E-state index in [1.54, 1.807) is 19.1 Å². The first-order chi connectivity index (χ1) is 6.48. The van der Waals surface area contributed by atoms with Crippen LogP contribution >= 0.6 is 0 Å². The molecule has 1 N–H and O–H groups in total. The van der Waals surface area contributed by atoms with Crippen LogP contribution in [0.3, 0.4) is 0 Å². The van der Waals surface area contributed by atoms with Gasteiger partial charge in [-0.15, -0.1) is 0 Å². The van der Waals surface area contributed by atoms with Crippen LogP contribution in [0.25, 0.3) is 0 Å². The third-order valence-corrected chi connectivity index (χ3v) is 3.00. The molecule has 0 spiro atoms. The number of benzene rings is 1. The first-order valence-corrected chi connectivity index (χ1v) is 4.97. The summed E-state index contributed by atoms with van der Waals surface area (Å²) in [6.07, 6.45) is 0.893. The Morgan fingerprint density at radius 1 is 1.36 bits per heavy atom. The van der Waals surface area contributed by atoms with Gasteiger partial charge < -0.3 is 5.11 Å².